The molecule has 2 aromatic rings. The number of pyridine rings is 1. The molecule has 0 spiro atoms. The van der Waals surface area contributed by atoms with Gasteiger partial charge >= 0.3 is 0 Å². The van der Waals surface area contributed by atoms with Crippen molar-refractivity contribution in [2.75, 3.05) is 17.7 Å². The van der Waals surface area contributed by atoms with Crippen LogP contribution < -0.4 is 10.6 Å². The van der Waals surface area contributed by atoms with Crippen molar-refractivity contribution < 1.29 is 0 Å². The normalized spacial score (nSPS) is 9.78. The van der Waals surface area contributed by atoms with E-state index in [0.717, 1.165) is 16.9 Å². The molecule has 0 bridgehead atoms. The molecule has 1 aromatic carbocycles. The minimum absolute atomic E-state index is 0.466. The van der Waals surface area contributed by atoms with E-state index in [0.29, 0.717) is 12.2 Å². The third-order valence-corrected chi connectivity index (χ3v) is 2.72. The molecular weight excluding hydrogens is 224 g/mol. The van der Waals surface area contributed by atoms with Gasteiger partial charge in [-0.2, -0.15) is 5.26 Å². The highest BCUT2D eigenvalue weighted by atomic mass is 15.1. The standard InChI is InChI=1S/C14H14N4/c1-18(13-6-2-5-12(16)8-13)10-11-4-3-7-17-14(11)9-15/h2-8H,10,16H2,1H3. The first-order valence-electron chi connectivity index (χ1n) is 5.61. The van der Waals surface area contributed by atoms with Crippen LogP contribution in [-0.4, -0.2) is 12.0 Å². The van der Waals surface area contributed by atoms with E-state index in [1.807, 2.05) is 48.3 Å². The van der Waals surface area contributed by atoms with Crippen molar-refractivity contribution in [3.8, 4) is 6.07 Å². The van der Waals surface area contributed by atoms with Gasteiger partial charge in [0.25, 0.3) is 0 Å². The average molecular weight is 238 g/mol. The van der Waals surface area contributed by atoms with Crippen molar-refractivity contribution in [1.29, 1.82) is 5.26 Å². The minimum atomic E-state index is 0.466. The van der Waals surface area contributed by atoms with Gasteiger partial charge < -0.3 is 10.6 Å². The first kappa shape index (κ1) is 11.9. The van der Waals surface area contributed by atoms with Gasteiger partial charge in [0.2, 0.25) is 0 Å². The molecule has 0 amide bonds. The molecule has 0 saturated carbocycles. The van der Waals surface area contributed by atoms with Gasteiger partial charge in [-0.05, 0) is 24.3 Å². The zero-order chi connectivity index (χ0) is 13.0. The van der Waals surface area contributed by atoms with E-state index in [9.17, 15) is 0 Å². The summed E-state index contributed by atoms with van der Waals surface area (Å²) in [7, 11) is 1.96. The van der Waals surface area contributed by atoms with E-state index in [1.165, 1.54) is 0 Å². The lowest BCUT2D eigenvalue weighted by Crippen LogP contribution is -2.17. The number of nitriles is 1. The fourth-order valence-corrected chi connectivity index (χ4v) is 1.78. The van der Waals surface area contributed by atoms with E-state index in [-0.39, 0.29) is 0 Å². The summed E-state index contributed by atoms with van der Waals surface area (Å²) >= 11 is 0. The van der Waals surface area contributed by atoms with E-state index in [1.54, 1.807) is 6.20 Å². The summed E-state index contributed by atoms with van der Waals surface area (Å²) in [6, 6.07) is 13.5. The van der Waals surface area contributed by atoms with E-state index >= 15 is 0 Å². The van der Waals surface area contributed by atoms with Crippen molar-refractivity contribution in [3.63, 3.8) is 0 Å². The minimum Gasteiger partial charge on any atom is -0.399 e. The highest BCUT2D eigenvalue weighted by molar-refractivity contribution is 5.55. The number of anilines is 2. The molecule has 1 aromatic heterocycles. The van der Waals surface area contributed by atoms with Crippen molar-refractivity contribution >= 4 is 11.4 Å². The molecule has 0 saturated heterocycles. The molecule has 0 radical (unpaired) electrons. The maximum atomic E-state index is 8.99. The molecule has 0 aliphatic rings. The smallest absolute Gasteiger partial charge is 0.145 e. The summed E-state index contributed by atoms with van der Waals surface area (Å²) in [6.45, 7) is 0.625. The Labute approximate surface area is 106 Å². The molecule has 90 valence electrons. The second-order valence-corrected chi connectivity index (χ2v) is 4.07. The lowest BCUT2D eigenvalue weighted by atomic mass is 10.2. The second kappa shape index (κ2) is 5.19. The molecular formula is C14H14N4. The Morgan fingerprint density at radius 1 is 1.33 bits per heavy atom. The Kier molecular flexibility index (Phi) is 3.44. The lowest BCUT2D eigenvalue weighted by molar-refractivity contribution is 0.910. The topological polar surface area (TPSA) is 65.9 Å². The lowest BCUT2D eigenvalue weighted by Gasteiger charge is -2.20. The molecule has 2 N–H and O–H groups in total. The van der Waals surface area contributed by atoms with Gasteiger partial charge in [0, 0.05) is 36.7 Å². The summed E-state index contributed by atoms with van der Waals surface area (Å²) in [5.74, 6) is 0. The Bertz CT molecular complexity index is 586. The quantitative estimate of drug-likeness (QED) is 0.832. The Balaban J connectivity index is 2.22. The fraction of sp³-hybridized carbons (Fsp3) is 0.143. The van der Waals surface area contributed by atoms with Crippen LogP contribution in [0.15, 0.2) is 42.6 Å². The Morgan fingerprint density at radius 2 is 2.17 bits per heavy atom. The number of benzene rings is 1. The molecule has 4 nitrogen and oxygen atoms in total. The SMILES string of the molecule is CN(Cc1cccnc1C#N)c1cccc(N)c1. The first-order chi connectivity index (χ1) is 8.70. The number of hydrogen-bond donors (Lipinski definition) is 1. The van der Waals surface area contributed by atoms with Crippen LogP contribution in [0.25, 0.3) is 0 Å². The molecule has 0 aliphatic carbocycles. The second-order valence-electron chi connectivity index (χ2n) is 4.07. The van der Waals surface area contributed by atoms with Gasteiger partial charge in [-0.1, -0.05) is 12.1 Å². The molecule has 2 rings (SSSR count). The summed E-state index contributed by atoms with van der Waals surface area (Å²) < 4.78 is 0. The van der Waals surface area contributed by atoms with Crippen LogP contribution in [0.1, 0.15) is 11.3 Å². The van der Waals surface area contributed by atoms with E-state index < -0.39 is 0 Å². The third-order valence-electron chi connectivity index (χ3n) is 2.72. The van der Waals surface area contributed by atoms with Gasteiger partial charge in [0.15, 0.2) is 0 Å². The number of nitrogens with two attached hydrogens (primary N) is 1. The Morgan fingerprint density at radius 3 is 2.89 bits per heavy atom. The first-order valence-corrected chi connectivity index (χ1v) is 5.61. The number of rotatable bonds is 3. The summed E-state index contributed by atoms with van der Waals surface area (Å²) in [5, 5.41) is 8.99. The maximum absolute atomic E-state index is 8.99. The highest BCUT2D eigenvalue weighted by Gasteiger charge is 2.07. The van der Waals surface area contributed by atoms with E-state index in [2.05, 4.69) is 11.1 Å². The number of nitrogen functional groups attached to an aromatic ring is 1. The molecule has 0 atom stereocenters. The van der Waals surface area contributed by atoms with E-state index in [4.69, 9.17) is 11.0 Å². The molecule has 18 heavy (non-hydrogen) atoms. The molecule has 0 unspecified atom stereocenters. The zero-order valence-corrected chi connectivity index (χ0v) is 10.2. The van der Waals surface area contributed by atoms with Gasteiger partial charge in [0.1, 0.15) is 11.8 Å². The van der Waals surface area contributed by atoms with Crippen LogP contribution in [-0.2, 0) is 6.54 Å². The summed E-state index contributed by atoms with van der Waals surface area (Å²) in [4.78, 5) is 6.08. The van der Waals surface area contributed by atoms with Gasteiger partial charge in [-0.3, -0.25) is 0 Å². The summed E-state index contributed by atoms with van der Waals surface area (Å²) in [5.41, 5.74) is 8.87. The van der Waals surface area contributed by atoms with Gasteiger partial charge in [-0.25, -0.2) is 4.98 Å². The van der Waals surface area contributed by atoms with Crippen molar-refractivity contribution in [1.82, 2.24) is 4.98 Å². The van der Waals surface area contributed by atoms with Crippen LogP contribution in [0.3, 0.4) is 0 Å². The van der Waals surface area contributed by atoms with Crippen LogP contribution >= 0.6 is 0 Å². The number of aromatic nitrogens is 1. The van der Waals surface area contributed by atoms with Crippen LogP contribution in [0.2, 0.25) is 0 Å². The molecule has 0 aliphatic heterocycles. The maximum Gasteiger partial charge on any atom is 0.145 e. The molecule has 1 heterocycles. The van der Waals surface area contributed by atoms with Gasteiger partial charge in [-0.15, -0.1) is 0 Å². The van der Waals surface area contributed by atoms with Crippen LogP contribution in [0.5, 0.6) is 0 Å². The predicted octanol–water partition coefficient (Wildman–Crippen LogP) is 2.17. The van der Waals surface area contributed by atoms with Crippen molar-refractivity contribution in [3.05, 3.63) is 53.9 Å². The van der Waals surface area contributed by atoms with Crippen LogP contribution in [0.4, 0.5) is 11.4 Å². The molecule has 4 heteroatoms. The fourth-order valence-electron chi connectivity index (χ4n) is 1.78. The predicted molar refractivity (Wildman–Crippen MR) is 71.9 cm³/mol. The zero-order valence-electron chi connectivity index (χ0n) is 10.2. The van der Waals surface area contributed by atoms with Crippen molar-refractivity contribution in [2.45, 2.75) is 6.54 Å². The van der Waals surface area contributed by atoms with Crippen molar-refractivity contribution in [2.24, 2.45) is 0 Å². The number of hydrogen-bond acceptors (Lipinski definition) is 4. The monoisotopic (exact) mass is 238 g/mol. The largest absolute Gasteiger partial charge is 0.399 e. The average Bonchev–Trinajstić information content (AvgIpc) is 2.39. The number of nitrogens with zero attached hydrogens (tertiary/aromatic N) is 3. The third kappa shape index (κ3) is 2.58. The highest BCUT2D eigenvalue weighted by Crippen LogP contribution is 2.18. The molecule has 0 fully saturated rings. The Hall–Kier alpha value is -2.54. The van der Waals surface area contributed by atoms with Gasteiger partial charge in [0.05, 0.1) is 0 Å². The van der Waals surface area contributed by atoms with Crippen LogP contribution in [0, 0.1) is 11.3 Å². The summed E-state index contributed by atoms with van der Waals surface area (Å²) in [6.07, 6.45) is 1.63.